The molecule has 8 heteroatoms. The number of ether oxygens (including phenoxy) is 1. The number of amides is 1. The molecule has 1 aromatic heterocycles. The van der Waals surface area contributed by atoms with Crippen LogP contribution in [0, 0.1) is 16.0 Å². The predicted octanol–water partition coefficient (Wildman–Crippen LogP) is 3.29. The Balaban J connectivity index is 2.23. The van der Waals surface area contributed by atoms with Gasteiger partial charge in [0.1, 0.15) is 17.5 Å². The minimum Gasteiger partial charge on any atom is -0.444 e. The lowest BCUT2D eigenvalue weighted by atomic mass is 9.94. The molecule has 1 saturated heterocycles. The Morgan fingerprint density at radius 2 is 2.12 bits per heavy atom. The summed E-state index contributed by atoms with van der Waals surface area (Å²) in [4.78, 5) is 29.2. The molecule has 0 aromatic carbocycles. The van der Waals surface area contributed by atoms with Gasteiger partial charge in [-0.2, -0.15) is 0 Å². The van der Waals surface area contributed by atoms with Crippen LogP contribution in [0.5, 0.6) is 0 Å². The van der Waals surface area contributed by atoms with Gasteiger partial charge < -0.3 is 15.0 Å². The highest BCUT2D eigenvalue weighted by atomic mass is 16.6. The minimum atomic E-state index is -0.566. The number of carbonyl (C=O) groups excluding carboxylic acids is 1. The van der Waals surface area contributed by atoms with Gasteiger partial charge in [-0.05, 0) is 39.5 Å². The number of piperidine rings is 1. The lowest BCUT2D eigenvalue weighted by Gasteiger charge is -2.38. The van der Waals surface area contributed by atoms with Crippen LogP contribution in [0.3, 0.4) is 0 Å². The van der Waals surface area contributed by atoms with Gasteiger partial charge in [0.05, 0.1) is 4.92 Å². The van der Waals surface area contributed by atoms with E-state index in [1.54, 1.807) is 6.20 Å². The number of pyridine rings is 1. The van der Waals surface area contributed by atoms with E-state index >= 15 is 0 Å². The topological polar surface area (TPSA) is 97.6 Å². The van der Waals surface area contributed by atoms with E-state index in [0.29, 0.717) is 25.2 Å². The third kappa shape index (κ3) is 5.06. The van der Waals surface area contributed by atoms with Gasteiger partial charge in [-0.1, -0.05) is 13.8 Å². The highest BCUT2D eigenvalue weighted by molar-refractivity contribution is 5.69. The summed E-state index contributed by atoms with van der Waals surface area (Å²) < 4.78 is 5.34. The van der Waals surface area contributed by atoms with E-state index in [1.807, 2.05) is 32.6 Å². The first kappa shape index (κ1) is 19.9. The van der Waals surface area contributed by atoms with E-state index in [9.17, 15) is 14.9 Å². The summed E-state index contributed by atoms with van der Waals surface area (Å²) >= 11 is 0. The van der Waals surface area contributed by atoms with Gasteiger partial charge in [0.25, 0.3) is 0 Å². The van der Waals surface area contributed by atoms with Crippen LogP contribution in [0.25, 0.3) is 0 Å². The van der Waals surface area contributed by atoms with Crippen molar-refractivity contribution in [3.8, 4) is 0 Å². The molecule has 2 heterocycles. The SMILES string of the molecule is CCc1cncc([N+](=O)[O-])c1N1C[C@H](C)C[C@H](NC(=O)OC(C)(C)C)C1. The van der Waals surface area contributed by atoms with Crippen molar-refractivity contribution in [1.82, 2.24) is 10.3 Å². The number of aromatic nitrogens is 1. The van der Waals surface area contributed by atoms with Crippen molar-refractivity contribution in [1.29, 1.82) is 0 Å². The summed E-state index contributed by atoms with van der Waals surface area (Å²) in [7, 11) is 0. The van der Waals surface area contributed by atoms with Gasteiger partial charge >= 0.3 is 11.8 Å². The molecule has 1 aromatic rings. The van der Waals surface area contributed by atoms with Crippen molar-refractivity contribution >= 4 is 17.5 Å². The molecule has 0 spiro atoms. The van der Waals surface area contributed by atoms with Gasteiger partial charge in [0, 0.05) is 30.9 Å². The fourth-order valence-corrected chi connectivity index (χ4v) is 3.35. The maximum absolute atomic E-state index is 12.1. The van der Waals surface area contributed by atoms with Crippen LogP contribution in [0.1, 0.15) is 46.6 Å². The molecule has 144 valence electrons. The molecule has 0 aliphatic carbocycles. The van der Waals surface area contributed by atoms with Gasteiger partial charge in [-0.3, -0.25) is 15.1 Å². The number of anilines is 1. The van der Waals surface area contributed by atoms with Crippen molar-refractivity contribution in [2.75, 3.05) is 18.0 Å². The second-order valence-corrected chi connectivity index (χ2v) is 7.87. The first-order valence-electron chi connectivity index (χ1n) is 8.96. The van der Waals surface area contributed by atoms with Crippen LogP contribution in [0.15, 0.2) is 12.4 Å². The summed E-state index contributed by atoms with van der Waals surface area (Å²) in [5.74, 6) is 0.279. The normalized spacial score (nSPS) is 20.6. The van der Waals surface area contributed by atoms with E-state index < -0.39 is 16.6 Å². The van der Waals surface area contributed by atoms with Crippen LogP contribution < -0.4 is 10.2 Å². The Morgan fingerprint density at radius 1 is 1.42 bits per heavy atom. The minimum absolute atomic E-state index is 0.00877. The zero-order chi connectivity index (χ0) is 19.5. The molecule has 0 radical (unpaired) electrons. The number of nitrogens with zero attached hydrogens (tertiary/aromatic N) is 3. The van der Waals surface area contributed by atoms with E-state index in [-0.39, 0.29) is 17.6 Å². The smallest absolute Gasteiger partial charge is 0.407 e. The number of aryl methyl sites for hydroxylation is 1. The molecule has 1 aliphatic heterocycles. The third-order valence-electron chi connectivity index (χ3n) is 4.25. The standard InChI is InChI=1S/C18H28N4O4/c1-6-13-8-19-9-15(22(24)25)16(13)21-10-12(2)7-14(11-21)20-17(23)26-18(3,4)5/h8-9,12,14H,6-7,10-11H2,1-5H3,(H,20,23)/t12-,14+/m1/s1. The number of hydrogen-bond acceptors (Lipinski definition) is 6. The largest absolute Gasteiger partial charge is 0.444 e. The summed E-state index contributed by atoms with van der Waals surface area (Å²) in [6.45, 7) is 10.7. The zero-order valence-corrected chi connectivity index (χ0v) is 16.1. The summed E-state index contributed by atoms with van der Waals surface area (Å²) in [5.41, 5.74) is 0.886. The average Bonchev–Trinajstić information content (AvgIpc) is 2.51. The van der Waals surface area contributed by atoms with Crippen LogP contribution in [0.4, 0.5) is 16.2 Å². The first-order valence-corrected chi connectivity index (χ1v) is 8.96. The molecular formula is C18H28N4O4. The maximum atomic E-state index is 12.1. The number of nitro groups is 1. The third-order valence-corrected chi connectivity index (χ3v) is 4.25. The van der Waals surface area contributed by atoms with Crippen molar-refractivity contribution in [2.24, 2.45) is 5.92 Å². The van der Waals surface area contributed by atoms with Gasteiger partial charge in [0.15, 0.2) is 0 Å². The number of nitrogens with one attached hydrogen (secondary N) is 1. The van der Waals surface area contributed by atoms with Gasteiger partial charge in [-0.25, -0.2) is 4.79 Å². The Morgan fingerprint density at radius 3 is 2.69 bits per heavy atom. The molecule has 1 amide bonds. The van der Waals surface area contributed by atoms with Crippen molar-refractivity contribution in [3.05, 3.63) is 28.1 Å². The van der Waals surface area contributed by atoms with Crippen molar-refractivity contribution in [3.63, 3.8) is 0 Å². The van der Waals surface area contributed by atoms with Crippen LogP contribution in [-0.4, -0.2) is 40.7 Å². The predicted molar refractivity (Wildman–Crippen MR) is 99.4 cm³/mol. The number of alkyl carbamates (subject to hydrolysis) is 1. The molecule has 2 atom stereocenters. The summed E-state index contributed by atoms with van der Waals surface area (Å²) in [6, 6.07) is -0.133. The quantitative estimate of drug-likeness (QED) is 0.650. The molecule has 0 bridgehead atoms. The highest BCUT2D eigenvalue weighted by Gasteiger charge is 2.32. The summed E-state index contributed by atoms with van der Waals surface area (Å²) in [5, 5.41) is 14.4. The second-order valence-electron chi connectivity index (χ2n) is 7.87. The van der Waals surface area contributed by atoms with Crippen molar-refractivity contribution < 1.29 is 14.5 Å². The Labute approximate surface area is 154 Å². The highest BCUT2D eigenvalue weighted by Crippen LogP contribution is 2.34. The van der Waals surface area contributed by atoms with Crippen LogP contribution in [0.2, 0.25) is 0 Å². The van der Waals surface area contributed by atoms with Crippen LogP contribution >= 0.6 is 0 Å². The molecule has 0 unspecified atom stereocenters. The lowest BCUT2D eigenvalue weighted by Crippen LogP contribution is -2.51. The fourth-order valence-electron chi connectivity index (χ4n) is 3.35. The zero-order valence-electron chi connectivity index (χ0n) is 16.1. The van der Waals surface area contributed by atoms with E-state index in [0.717, 1.165) is 12.0 Å². The Bertz CT molecular complexity index is 672. The maximum Gasteiger partial charge on any atom is 0.407 e. The van der Waals surface area contributed by atoms with Crippen molar-refractivity contribution in [2.45, 2.75) is 59.1 Å². The first-order chi connectivity index (χ1) is 12.1. The number of carbonyl (C=O) groups is 1. The molecule has 0 saturated carbocycles. The Hall–Kier alpha value is -2.38. The van der Waals surface area contributed by atoms with E-state index in [1.165, 1.54) is 6.20 Å². The van der Waals surface area contributed by atoms with E-state index in [4.69, 9.17) is 4.74 Å². The molecule has 2 rings (SSSR count). The van der Waals surface area contributed by atoms with E-state index in [2.05, 4.69) is 17.2 Å². The molecule has 26 heavy (non-hydrogen) atoms. The lowest BCUT2D eigenvalue weighted by molar-refractivity contribution is -0.384. The average molecular weight is 364 g/mol. The van der Waals surface area contributed by atoms with Gasteiger partial charge in [0.2, 0.25) is 0 Å². The number of rotatable bonds is 4. The molecule has 1 fully saturated rings. The molecule has 8 nitrogen and oxygen atoms in total. The fraction of sp³-hybridized carbons (Fsp3) is 0.667. The number of hydrogen-bond donors (Lipinski definition) is 1. The monoisotopic (exact) mass is 364 g/mol. The molecule has 1 N–H and O–H groups in total. The van der Waals surface area contributed by atoms with Gasteiger partial charge in [-0.15, -0.1) is 0 Å². The molecule has 1 aliphatic rings. The summed E-state index contributed by atoms with van der Waals surface area (Å²) in [6.07, 6.45) is 3.97. The Kier molecular flexibility index (Phi) is 6.05. The van der Waals surface area contributed by atoms with Crippen LogP contribution in [-0.2, 0) is 11.2 Å². The molecular weight excluding hydrogens is 336 g/mol. The second kappa shape index (κ2) is 7.88.